The van der Waals surface area contributed by atoms with Gasteiger partial charge in [-0.25, -0.2) is 0 Å². The van der Waals surface area contributed by atoms with Crippen LogP contribution in [0.4, 0.5) is 0 Å². The van der Waals surface area contributed by atoms with Gasteiger partial charge in [-0.05, 0) is 28.7 Å². The Hall–Kier alpha value is -1.02. The van der Waals surface area contributed by atoms with Gasteiger partial charge in [0.1, 0.15) is 6.07 Å². The molecule has 0 spiro atoms. The predicted molar refractivity (Wildman–Crippen MR) is 55.7 cm³/mol. The molecule has 58 valence electrons. The molecule has 0 saturated heterocycles. The second-order valence-electron chi connectivity index (χ2n) is 2.48. The van der Waals surface area contributed by atoms with E-state index < -0.39 is 0 Å². The van der Waals surface area contributed by atoms with Crippen LogP contribution in [0.2, 0.25) is 0 Å². The van der Waals surface area contributed by atoms with Crippen molar-refractivity contribution in [2.75, 3.05) is 0 Å². The minimum Gasteiger partial charge on any atom is -0.359 e. The summed E-state index contributed by atoms with van der Waals surface area (Å²) in [5.41, 5.74) is 1.76. The Labute approximate surface area is 83.3 Å². The number of hydrogen-bond acceptors (Lipinski definition) is 1. The quantitative estimate of drug-likeness (QED) is 0.733. The molecule has 1 N–H and O–H groups in total. The Morgan fingerprint density at radius 2 is 2.25 bits per heavy atom. The minimum absolute atomic E-state index is 0.712. The first-order valence-electron chi connectivity index (χ1n) is 3.48. The molecule has 3 heteroatoms. The van der Waals surface area contributed by atoms with Crippen molar-refractivity contribution in [3.05, 3.63) is 33.5 Å². The fourth-order valence-electron chi connectivity index (χ4n) is 1.21. The summed E-state index contributed by atoms with van der Waals surface area (Å²) < 4.78 is 1.14. The fraction of sp³-hybridized carbons (Fsp3) is 0. The Bertz CT molecular complexity index is 465. The largest absolute Gasteiger partial charge is 0.359 e. The molecular formula is C9H5IN2. The normalized spacial score (nSPS) is 10.0. The summed E-state index contributed by atoms with van der Waals surface area (Å²) in [4.78, 5) is 3.08. The molecule has 0 aliphatic carbocycles. The number of aromatic amines is 1. The number of hydrogen-bond donors (Lipinski definition) is 1. The number of aromatic nitrogens is 1. The lowest BCUT2D eigenvalue weighted by molar-refractivity contribution is 1.44. The number of rotatable bonds is 0. The molecule has 0 aliphatic rings. The van der Waals surface area contributed by atoms with Crippen molar-refractivity contribution in [1.82, 2.24) is 4.98 Å². The van der Waals surface area contributed by atoms with E-state index in [1.165, 1.54) is 0 Å². The zero-order valence-electron chi connectivity index (χ0n) is 6.13. The van der Waals surface area contributed by atoms with Crippen molar-refractivity contribution < 1.29 is 0 Å². The van der Waals surface area contributed by atoms with Gasteiger partial charge in [-0.2, -0.15) is 5.26 Å². The number of nitriles is 1. The highest BCUT2D eigenvalue weighted by atomic mass is 127. The summed E-state index contributed by atoms with van der Waals surface area (Å²) in [5, 5.41) is 9.75. The van der Waals surface area contributed by atoms with Crippen LogP contribution in [0.25, 0.3) is 10.9 Å². The highest BCUT2D eigenvalue weighted by Gasteiger charge is 2.03. The van der Waals surface area contributed by atoms with Crippen LogP contribution in [0.3, 0.4) is 0 Å². The van der Waals surface area contributed by atoms with E-state index in [4.69, 9.17) is 5.26 Å². The van der Waals surface area contributed by atoms with Gasteiger partial charge in [0.2, 0.25) is 0 Å². The lowest BCUT2D eigenvalue weighted by Gasteiger charge is -1.91. The minimum atomic E-state index is 0.712. The van der Waals surface area contributed by atoms with Crippen LogP contribution in [0.15, 0.2) is 24.4 Å². The van der Waals surface area contributed by atoms with Crippen LogP contribution >= 0.6 is 22.6 Å². The summed E-state index contributed by atoms with van der Waals surface area (Å²) in [6, 6.07) is 8.07. The molecule has 0 aliphatic heterocycles. The van der Waals surface area contributed by atoms with Gasteiger partial charge in [-0.3, -0.25) is 0 Å². The van der Waals surface area contributed by atoms with E-state index in [1.807, 2.05) is 18.2 Å². The first kappa shape index (κ1) is 7.62. The Morgan fingerprint density at radius 1 is 1.42 bits per heavy atom. The second-order valence-corrected chi connectivity index (χ2v) is 3.64. The summed E-state index contributed by atoms with van der Waals surface area (Å²) in [7, 11) is 0. The average molecular weight is 268 g/mol. The van der Waals surface area contributed by atoms with Gasteiger partial charge in [0, 0.05) is 15.2 Å². The van der Waals surface area contributed by atoms with E-state index in [0.29, 0.717) is 5.56 Å². The van der Waals surface area contributed by atoms with Gasteiger partial charge >= 0.3 is 0 Å². The smallest absolute Gasteiger partial charge is 0.101 e. The van der Waals surface area contributed by atoms with E-state index >= 15 is 0 Å². The second kappa shape index (κ2) is 2.79. The van der Waals surface area contributed by atoms with E-state index in [0.717, 1.165) is 14.5 Å². The maximum Gasteiger partial charge on any atom is 0.101 e. The predicted octanol–water partition coefficient (Wildman–Crippen LogP) is 2.64. The highest BCUT2D eigenvalue weighted by molar-refractivity contribution is 14.1. The summed E-state index contributed by atoms with van der Waals surface area (Å²) >= 11 is 2.25. The molecule has 0 atom stereocenters. The van der Waals surface area contributed by atoms with Crippen molar-refractivity contribution >= 4 is 33.5 Å². The standard InChI is InChI=1S/C9H5IN2/c10-8-3-1-2-7-6(4-11)5-12-9(7)8/h1-3,5,12H. The maximum atomic E-state index is 8.74. The average Bonchev–Trinajstić information content (AvgIpc) is 2.49. The van der Waals surface area contributed by atoms with Gasteiger partial charge in [-0.15, -0.1) is 0 Å². The van der Waals surface area contributed by atoms with Crippen LogP contribution in [0.5, 0.6) is 0 Å². The van der Waals surface area contributed by atoms with E-state index in [1.54, 1.807) is 6.20 Å². The number of halogens is 1. The van der Waals surface area contributed by atoms with Crippen molar-refractivity contribution in [1.29, 1.82) is 5.26 Å². The number of para-hydroxylation sites is 1. The van der Waals surface area contributed by atoms with Crippen molar-refractivity contribution in [3.63, 3.8) is 0 Å². The Kier molecular flexibility index (Phi) is 1.77. The van der Waals surface area contributed by atoms with Gasteiger partial charge < -0.3 is 4.98 Å². The molecule has 1 heterocycles. The van der Waals surface area contributed by atoms with Crippen molar-refractivity contribution in [2.24, 2.45) is 0 Å². The number of nitrogens with one attached hydrogen (secondary N) is 1. The molecule has 2 nitrogen and oxygen atoms in total. The third-order valence-corrected chi connectivity index (χ3v) is 2.68. The van der Waals surface area contributed by atoms with Crippen LogP contribution < -0.4 is 0 Å². The topological polar surface area (TPSA) is 39.6 Å². The summed E-state index contributed by atoms with van der Waals surface area (Å²) in [6.45, 7) is 0. The number of H-pyrrole nitrogens is 1. The van der Waals surface area contributed by atoms with Gasteiger partial charge in [-0.1, -0.05) is 12.1 Å². The van der Waals surface area contributed by atoms with Gasteiger partial charge in [0.25, 0.3) is 0 Å². The van der Waals surface area contributed by atoms with E-state index in [2.05, 4.69) is 33.6 Å². The SMILES string of the molecule is N#Cc1c[nH]c2c(I)cccc12. The van der Waals surface area contributed by atoms with Crippen molar-refractivity contribution in [2.45, 2.75) is 0 Å². The monoisotopic (exact) mass is 268 g/mol. The zero-order valence-corrected chi connectivity index (χ0v) is 8.29. The number of fused-ring (bicyclic) bond motifs is 1. The number of benzene rings is 1. The molecule has 0 saturated carbocycles. The van der Waals surface area contributed by atoms with Crippen LogP contribution in [0.1, 0.15) is 5.56 Å². The molecule has 0 unspecified atom stereocenters. The number of nitrogens with zero attached hydrogens (tertiary/aromatic N) is 1. The molecular weight excluding hydrogens is 263 g/mol. The Balaban J connectivity index is 2.91. The fourth-order valence-corrected chi connectivity index (χ4v) is 1.86. The molecule has 12 heavy (non-hydrogen) atoms. The first-order valence-corrected chi connectivity index (χ1v) is 4.56. The van der Waals surface area contributed by atoms with Crippen LogP contribution in [-0.2, 0) is 0 Å². The molecule has 0 bridgehead atoms. The lowest BCUT2D eigenvalue weighted by atomic mass is 10.2. The maximum absolute atomic E-state index is 8.74. The van der Waals surface area contributed by atoms with Gasteiger partial charge in [0.05, 0.1) is 11.1 Å². The lowest BCUT2D eigenvalue weighted by Crippen LogP contribution is -1.73. The third-order valence-electron chi connectivity index (χ3n) is 1.79. The highest BCUT2D eigenvalue weighted by Crippen LogP contribution is 2.21. The molecule has 1 aromatic heterocycles. The molecule has 0 fully saturated rings. The summed E-state index contributed by atoms with van der Waals surface area (Å²) in [5.74, 6) is 0. The molecule has 0 amide bonds. The van der Waals surface area contributed by atoms with Crippen LogP contribution in [-0.4, -0.2) is 4.98 Å². The molecule has 1 aromatic carbocycles. The Morgan fingerprint density at radius 3 is 3.00 bits per heavy atom. The first-order chi connectivity index (χ1) is 5.83. The van der Waals surface area contributed by atoms with E-state index in [-0.39, 0.29) is 0 Å². The summed E-state index contributed by atoms with van der Waals surface area (Å²) in [6.07, 6.45) is 1.74. The van der Waals surface area contributed by atoms with Gasteiger partial charge in [0.15, 0.2) is 0 Å². The zero-order chi connectivity index (χ0) is 8.55. The van der Waals surface area contributed by atoms with Crippen molar-refractivity contribution in [3.8, 4) is 6.07 Å². The molecule has 2 rings (SSSR count). The van der Waals surface area contributed by atoms with E-state index in [9.17, 15) is 0 Å². The molecule has 0 radical (unpaired) electrons. The third kappa shape index (κ3) is 0.994. The van der Waals surface area contributed by atoms with Crippen LogP contribution in [0, 0.1) is 14.9 Å². The molecule has 2 aromatic rings.